The number of pyridine rings is 1. The van der Waals surface area contributed by atoms with E-state index in [2.05, 4.69) is 26.6 Å². The number of anilines is 2. The van der Waals surface area contributed by atoms with Gasteiger partial charge in [0.15, 0.2) is 0 Å². The number of amides is 2. The summed E-state index contributed by atoms with van der Waals surface area (Å²) in [6, 6.07) is 12.6. The number of nitrogens with one attached hydrogen (secondary N) is 2. The Morgan fingerprint density at radius 2 is 2.15 bits per heavy atom. The summed E-state index contributed by atoms with van der Waals surface area (Å²) in [6.07, 6.45) is 3.27. The summed E-state index contributed by atoms with van der Waals surface area (Å²) in [4.78, 5) is 20.9. The van der Waals surface area contributed by atoms with Crippen molar-refractivity contribution in [2.75, 3.05) is 49.5 Å². The minimum absolute atomic E-state index is 0.233. The number of aromatic nitrogens is 1. The van der Waals surface area contributed by atoms with Crippen molar-refractivity contribution in [3.8, 4) is 6.07 Å². The monoisotopic (exact) mass is 350 g/mol. The molecule has 1 aliphatic rings. The van der Waals surface area contributed by atoms with Gasteiger partial charge in [0.05, 0.1) is 23.5 Å². The highest BCUT2D eigenvalue weighted by atomic mass is 16.2. The van der Waals surface area contributed by atoms with E-state index in [4.69, 9.17) is 5.26 Å². The third kappa shape index (κ3) is 4.79. The van der Waals surface area contributed by atoms with Gasteiger partial charge in [-0.1, -0.05) is 6.07 Å². The van der Waals surface area contributed by atoms with Crippen molar-refractivity contribution in [3.63, 3.8) is 0 Å². The van der Waals surface area contributed by atoms with Crippen molar-refractivity contribution in [2.24, 2.45) is 0 Å². The van der Waals surface area contributed by atoms with Crippen LogP contribution in [0.3, 0.4) is 0 Å². The molecule has 0 saturated carbocycles. The van der Waals surface area contributed by atoms with Crippen molar-refractivity contribution >= 4 is 17.4 Å². The van der Waals surface area contributed by atoms with Crippen molar-refractivity contribution < 1.29 is 4.79 Å². The second kappa shape index (κ2) is 8.94. The molecule has 26 heavy (non-hydrogen) atoms. The van der Waals surface area contributed by atoms with Crippen LogP contribution in [0.2, 0.25) is 0 Å². The highest BCUT2D eigenvalue weighted by Crippen LogP contribution is 2.18. The van der Waals surface area contributed by atoms with E-state index < -0.39 is 0 Å². The number of benzene rings is 1. The molecule has 1 aliphatic heterocycles. The van der Waals surface area contributed by atoms with Crippen LogP contribution in [0.5, 0.6) is 0 Å². The summed E-state index contributed by atoms with van der Waals surface area (Å²) in [5, 5.41) is 15.4. The average Bonchev–Trinajstić information content (AvgIpc) is 2.70. The standard InChI is InChI=1S/C19H22N6O/c20-14-16-3-1-5-18(13-16)25(12-11-24-9-7-21-8-10-24)19(26)23-17-4-2-6-22-15-17/h1-6,13,15,21H,7-12H2,(H,23,26). The van der Waals surface area contributed by atoms with Crippen LogP contribution in [0.4, 0.5) is 16.2 Å². The van der Waals surface area contributed by atoms with Gasteiger partial charge in [-0.15, -0.1) is 0 Å². The molecule has 1 aromatic heterocycles. The van der Waals surface area contributed by atoms with Crippen LogP contribution in [0.15, 0.2) is 48.8 Å². The smallest absolute Gasteiger partial charge is 0.314 e. The van der Waals surface area contributed by atoms with Crippen molar-refractivity contribution in [3.05, 3.63) is 54.4 Å². The van der Waals surface area contributed by atoms with E-state index >= 15 is 0 Å². The molecular weight excluding hydrogens is 328 g/mol. The van der Waals surface area contributed by atoms with Gasteiger partial charge >= 0.3 is 6.03 Å². The van der Waals surface area contributed by atoms with E-state index in [1.807, 2.05) is 6.07 Å². The van der Waals surface area contributed by atoms with Gasteiger partial charge in [-0.2, -0.15) is 5.26 Å². The van der Waals surface area contributed by atoms with Gasteiger partial charge in [-0.3, -0.25) is 14.8 Å². The number of hydrogen-bond acceptors (Lipinski definition) is 5. The highest BCUT2D eigenvalue weighted by molar-refractivity contribution is 6.01. The van der Waals surface area contributed by atoms with Gasteiger partial charge in [0.2, 0.25) is 0 Å². The van der Waals surface area contributed by atoms with E-state index in [0.29, 0.717) is 23.5 Å². The maximum absolute atomic E-state index is 12.9. The Morgan fingerprint density at radius 1 is 1.31 bits per heavy atom. The van der Waals surface area contributed by atoms with Crippen LogP contribution in [0.25, 0.3) is 0 Å². The Morgan fingerprint density at radius 3 is 2.88 bits per heavy atom. The molecule has 1 saturated heterocycles. The summed E-state index contributed by atoms with van der Waals surface area (Å²) in [7, 11) is 0. The number of carbonyl (C=O) groups is 1. The second-order valence-electron chi connectivity index (χ2n) is 6.08. The highest BCUT2D eigenvalue weighted by Gasteiger charge is 2.18. The number of piperazine rings is 1. The second-order valence-corrected chi connectivity index (χ2v) is 6.08. The lowest BCUT2D eigenvalue weighted by Crippen LogP contribution is -2.47. The van der Waals surface area contributed by atoms with Gasteiger partial charge in [-0.05, 0) is 30.3 Å². The summed E-state index contributed by atoms with van der Waals surface area (Å²) in [6.45, 7) is 5.18. The third-order valence-corrected chi connectivity index (χ3v) is 4.29. The SMILES string of the molecule is N#Cc1cccc(N(CCN2CCNCC2)C(=O)Nc2cccnc2)c1. The zero-order chi connectivity index (χ0) is 18.2. The first-order chi connectivity index (χ1) is 12.8. The van der Waals surface area contributed by atoms with Crippen molar-refractivity contribution in [1.29, 1.82) is 5.26 Å². The van der Waals surface area contributed by atoms with Crippen LogP contribution in [0, 0.1) is 11.3 Å². The van der Waals surface area contributed by atoms with Gasteiger partial charge in [-0.25, -0.2) is 4.79 Å². The predicted octanol–water partition coefficient (Wildman–Crippen LogP) is 1.90. The number of rotatable bonds is 5. The number of nitriles is 1. The van der Waals surface area contributed by atoms with Crippen LogP contribution < -0.4 is 15.5 Å². The Bertz CT molecular complexity index is 767. The predicted molar refractivity (Wildman–Crippen MR) is 101 cm³/mol. The maximum atomic E-state index is 12.9. The fraction of sp³-hybridized carbons (Fsp3) is 0.316. The fourth-order valence-electron chi connectivity index (χ4n) is 2.90. The molecule has 3 rings (SSSR count). The lowest BCUT2D eigenvalue weighted by molar-refractivity contribution is 0.239. The van der Waals surface area contributed by atoms with Crippen LogP contribution >= 0.6 is 0 Å². The lowest BCUT2D eigenvalue weighted by Gasteiger charge is -2.30. The molecule has 2 N–H and O–H groups in total. The summed E-state index contributed by atoms with van der Waals surface area (Å²) >= 11 is 0. The lowest BCUT2D eigenvalue weighted by atomic mass is 10.2. The molecule has 134 valence electrons. The topological polar surface area (TPSA) is 84.3 Å². The third-order valence-electron chi connectivity index (χ3n) is 4.29. The molecule has 1 aromatic carbocycles. The quantitative estimate of drug-likeness (QED) is 0.860. The molecule has 0 atom stereocenters. The maximum Gasteiger partial charge on any atom is 0.326 e. The van der Waals surface area contributed by atoms with E-state index in [-0.39, 0.29) is 6.03 Å². The van der Waals surface area contributed by atoms with Crippen molar-refractivity contribution in [2.45, 2.75) is 0 Å². The molecule has 1 fully saturated rings. The molecule has 0 unspecified atom stereocenters. The first kappa shape index (κ1) is 17.9. The number of hydrogen-bond donors (Lipinski definition) is 2. The Balaban J connectivity index is 1.75. The zero-order valence-corrected chi connectivity index (χ0v) is 14.6. The van der Waals surface area contributed by atoms with Crippen LogP contribution in [-0.4, -0.2) is 55.2 Å². The number of urea groups is 1. The number of carbonyl (C=O) groups excluding carboxylic acids is 1. The summed E-state index contributed by atoms with van der Waals surface area (Å²) in [5.41, 5.74) is 1.88. The summed E-state index contributed by atoms with van der Waals surface area (Å²) < 4.78 is 0. The van der Waals surface area contributed by atoms with Gasteiger partial charge in [0.25, 0.3) is 0 Å². The number of nitrogens with zero attached hydrogens (tertiary/aromatic N) is 4. The minimum atomic E-state index is -0.233. The molecule has 0 aliphatic carbocycles. The van der Waals surface area contributed by atoms with Gasteiger partial charge in [0.1, 0.15) is 0 Å². The average molecular weight is 350 g/mol. The Hall–Kier alpha value is -2.95. The molecule has 0 radical (unpaired) electrons. The molecule has 7 nitrogen and oxygen atoms in total. The zero-order valence-electron chi connectivity index (χ0n) is 14.6. The molecule has 0 spiro atoms. The molecule has 7 heteroatoms. The van der Waals surface area contributed by atoms with Gasteiger partial charge < -0.3 is 10.6 Å². The Labute approximate surface area is 153 Å². The van der Waals surface area contributed by atoms with Gasteiger partial charge in [0, 0.05) is 51.2 Å². The molecule has 2 amide bonds. The van der Waals surface area contributed by atoms with Crippen LogP contribution in [0.1, 0.15) is 5.56 Å². The van der Waals surface area contributed by atoms with E-state index in [1.54, 1.807) is 47.6 Å². The van der Waals surface area contributed by atoms with E-state index in [1.165, 1.54) is 0 Å². The van der Waals surface area contributed by atoms with Crippen molar-refractivity contribution in [1.82, 2.24) is 15.2 Å². The molecular formula is C19H22N6O. The summed E-state index contributed by atoms with van der Waals surface area (Å²) in [5.74, 6) is 0. The molecule has 2 heterocycles. The molecule has 0 bridgehead atoms. The van der Waals surface area contributed by atoms with Crippen LogP contribution in [-0.2, 0) is 0 Å². The Kier molecular flexibility index (Phi) is 6.14. The largest absolute Gasteiger partial charge is 0.326 e. The molecule has 2 aromatic rings. The first-order valence-corrected chi connectivity index (χ1v) is 8.68. The minimum Gasteiger partial charge on any atom is -0.314 e. The normalized spacial score (nSPS) is 14.4. The van der Waals surface area contributed by atoms with E-state index in [0.717, 1.165) is 32.7 Å². The fourth-order valence-corrected chi connectivity index (χ4v) is 2.90. The van der Waals surface area contributed by atoms with E-state index in [9.17, 15) is 4.79 Å². The first-order valence-electron chi connectivity index (χ1n) is 8.68.